The van der Waals surface area contributed by atoms with Crippen molar-refractivity contribution in [1.82, 2.24) is 15.1 Å². The highest BCUT2D eigenvalue weighted by Crippen LogP contribution is 2.37. The lowest BCUT2D eigenvalue weighted by Gasteiger charge is -2.18. The number of aromatic nitrogens is 2. The second-order valence-corrected chi connectivity index (χ2v) is 6.56. The van der Waals surface area contributed by atoms with Gasteiger partial charge in [-0.25, -0.2) is 0 Å². The number of benzene rings is 1. The zero-order chi connectivity index (χ0) is 21.6. The average molecular weight is 420 g/mol. The molecule has 2 heterocycles. The van der Waals surface area contributed by atoms with E-state index in [9.17, 15) is 35.9 Å². The van der Waals surface area contributed by atoms with Gasteiger partial charge in [-0.15, -0.1) is 0 Å². The SMILES string of the molecule is CN1C[C@@H](c2ccc(C(F)(F)F)cc2)[C@H](C(=O)Nc2c[nH]nc2C(F)(F)F)C1=O. The van der Waals surface area contributed by atoms with Gasteiger partial charge in [0.15, 0.2) is 5.69 Å². The van der Waals surface area contributed by atoms with Crippen LogP contribution in [0.3, 0.4) is 0 Å². The van der Waals surface area contributed by atoms with E-state index in [4.69, 9.17) is 0 Å². The number of likely N-dealkylation sites (N-methyl/N-ethyl adjacent to an activating group) is 1. The molecule has 1 aromatic carbocycles. The maximum atomic E-state index is 12.9. The molecule has 0 saturated carbocycles. The smallest absolute Gasteiger partial charge is 0.344 e. The molecule has 1 fully saturated rings. The molecule has 1 aromatic heterocycles. The highest BCUT2D eigenvalue weighted by atomic mass is 19.4. The number of alkyl halides is 6. The molecular weight excluding hydrogens is 406 g/mol. The first-order valence-electron chi connectivity index (χ1n) is 8.23. The number of likely N-dealkylation sites (tertiary alicyclic amines) is 1. The van der Waals surface area contributed by atoms with Crippen molar-refractivity contribution in [2.45, 2.75) is 18.3 Å². The van der Waals surface area contributed by atoms with Crippen molar-refractivity contribution in [2.75, 3.05) is 18.9 Å². The number of anilines is 1. The second kappa shape index (κ2) is 7.08. The fourth-order valence-corrected chi connectivity index (χ4v) is 3.22. The third-order valence-electron chi connectivity index (χ3n) is 4.63. The molecule has 29 heavy (non-hydrogen) atoms. The minimum atomic E-state index is -4.83. The van der Waals surface area contributed by atoms with Crippen molar-refractivity contribution in [3.05, 3.63) is 47.3 Å². The van der Waals surface area contributed by atoms with Gasteiger partial charge in [-0.1, -0.05) is 12.1 Å². The van der Waals surface area contributed by atoms with Gasteiger partial charge in [0.2, 0.25) is 11.8 Å². The van der Waals surface area contributed by atoms with E-state index in [0.717, 1.165) is 30.5 Å². The van der Waals surface area contributed by atoms with Crippen LogP contribution in [0.25, 0.3) is 0 Å². The number of hydrogen-bond donors (Lipinski definition) is 2. The molecule has 0 spiro atoms. The summed E-state index contributed by atoms with van der Waals surface area (Å²) in [6.45, 7) is 0.0276. The minimum absolute atomic E-state index is 0.0276. The van der Waals surface area contributed by atoms with Crippen molar-refractivity contribution in [2.24, 2.45) is 5.92 Å². The summed E-state index contributed by atoms with van der Waals surface area (Å²) in [6.07, 6.45) is -8.55. The quantitative estimate of drug-likeness (QED) is 0.591. The van der Waals surface area contributed by atoms with Crippen molar-refractivity contribution in [3.8, 4) is 0 Å². The molecule has 0 bridgehead atoms. The summed E-state index contributed by atoms with van der Waals surface area (Å²) in [5.41, 5.74) is -2.60. The molecule has 2 N–H and O–H groups in total. The summed E-state index contributed by atoms with van der Waals surface area (Å²) in [5.74, 6) is -3.87. The lowest BCUT2D eigenvalue weighted by atomic mass is 9.87. The van der Waals surface area contributed by atoms with E-state index >= 15 is 0 Å². The standard InChI is InChI=1S/C17H14F6N4O2/c1-27-7-10(8-2-4-9(5-3-8)16(18,19)20)12(15(27)29)14(28)25-11-6-24-26-13(11)17(21,22)23/h2-6,10,12H,7H2,1H3,(H,24,26)(H,25,28)/t10-,12+/m0/s1. The van der Waals surface area contributed by atoms with Gasteiger partial charge in [-0.3, -0.25) is 14.7 Å². The highest BCUT2D eigenvalue weighted by molar-refractivity contribution is 6.08. The van der Waals surface area contributed by atoms with Gasteiger partial charge in [0, 0.05) is 25.7 Å². The molecule has 12 heteroatoms. The molecule has 2 aromatic rings. The predicted octanol–water partition coefficient (Wildman–Crippen LogP) is 3.26. The Morgan fingerprint density at radius 2 is 1.76 bits per heavy atom. The van der Waals surface area contributed by atoms with Crippen molar-refractivity contribution in [3.63, 3.8) is 0 Å². The predicted molar refractivity (Wildman–Crippen MR) is 87.5 cm³/mol. The van der Waals surface area contributed by atoms with Crippen LogP contribution in [0.4, 0.5) is 32.0 Å². The van der Waals surface area contributed by atoms with Gasteiger partial charge in [0.1, 0.15) is 5.92 Å². The number of aromatic amines is 1. The summed E-state index contributed by atoms with van der Waals surface area (Å²) in [6, 6.07) is 3.95. The normalized spacial score (nSPS) is 20.2. The maximum absolute atomic E-state index is 12.9. The van der Waals surface area contributed by atoms with Crippen LogP contribution in [0.2, 0.25) is 0 Å². The Morgan fingerprint density at radius 3 is 2.31 bits per heavy atom. The molecule has 6 nitrogen and oxygen atoms in total. The number of halogens is 6. The van der Waals surface area contributed by atoms with E-state index in [1.54, 1.807) is 0 Å². The lowest BCUT2D eigenvalue weighted by Crippen LogP contribution is -2.33. The molecule has 3 rings (SSSR count). The van der Waals surface area contributed by atoms with E-state index in [2.05, 4.69) is 5.10 Å². The van der Waals surface area contributed by atoms with Crippen LogP contribution in [0.1, 0.15) is 22.7 Å². The summed E-state index contributed by atoms with van der Waals surface area (Å²) in [5, 5.41) is 7.09. The minimum Gasteiger partial charge on any atom is -0.344 e. The Balaban J connectivity index is 1.87. The fraction of sp³-hybridized carbons (Fsp3) is 0.353. The first-order valence-corrected chi connectivity index (χ1v) is 8.23. The summed E-state index contributed by atoms with van der Waals surface area (Å²) < 4.78 is 77.0. The molecule has 156 valence electrons. The second-order valence-electron chi connectivity index (χ2n) is 6.56. The van der Waals surface area contributed by atoms with Crippen molar-refractivity contribution >= 4 is 17.5 Å². The van der Waals surface area contributed by atoms with Crippen LogP contribution in [0, 0.1) is 5.92 Å². The molecule has 0 unspecified atom stereocenters. The summed E-state index contributed by atoms with van der Waals surface area (Å²) >= 11 is 0. The van der Waals surface area contributed by atoms with Crippen LogP contribution in [0.5, 0.6) is 0 Å². The van der Waals surface area contributed by atoms with Crippen LogP contribution in [0.15, 0.2) is 30.5 Å². The summed E-state index contributed by atoms with van der Waals surface area (Å²) in [4.78, 5) is 26.2. The Labute approximate surface area is 159 Å². The van der Waals surface area contributed by atoms with E-state index in [-0.39, 0.29) is 6.54 Å². The van der Waals surface area contributed by atoms with Crippen LogP contribution in [-0.2, 0) is 21.9 Å². The molecule has 2 amide bonds. The number of amides is 2. The fourth-order valence-electron chi connectivity index (χ4n) is 3.22. The zero-order valence-electron chi connectivity index (χ0n) is 14.7. The Morgan fingerprint density at radius 1 is 1.14 bits per heavy atom. The topological polar surface area (TPSA) is 78.1 Å². The molecule has 1 saturated heterocycles. The third-order valence-corrected chi connectivity index (χ3v) is 4.63. The molecular formula is C17H14F6N4O2. The number of rotatable bonds is 3. The average Bonchev–Trinajstić information content (AvgIpc) is 3.19. The summed E-state index contributed by atoms with van der Waals surface area (Å²) in [7, 11) is 1.39. The Bertz CT molecular complexity index is 919. The maximum Gasteiger partial charge on any atom is 0.437 e. The first kappa shape index (κ1) is 20.7. The molecule has 1 aliphatic heterocycles. The monoisotopic (exact) mass is 420 g/mol. The highest BCUT2D eigenvalue weighted by Gasteiger charge is 2.45. The molecule has 0 aliphatic carbocycles. The van der Waals surface area contributed by atoms with E-state index < -0.39 is 52.9 Å². The van der Waals surface area contributed by atoms with Crippen LogP contribution >= 0.6 is 0 Å². The number of carbonyl (C=O) groups is 2. The Kier molecular flexibility index (Phi) is 5.05. The van der Waals surface area contributed by atoms with E-state index in [0.29, 0.717) is 5.56 Å². The number of hydrogen-bond acceptors (Lipinski definition) is 3. The van der Waals surface area contributed by atoms with Crippen molar-refractivity contribution in [1.29, 1.82) is 0 Å². The third kappa shape index (κ3) is 4.05. The number of nitrogens with one attached hydrogen (secondary N) is 2. The van der Waals surface area contributed by atoms with Crippen LogP contribution < -0.4 is 5.32 Å². The largest absolute Gasteiger partial charge is 0.437 e. The number of nitrogens with zero attached hydrogens (tertiary/aromatic N) is 2. The molecule has 1 aliphatic rings. The van der Waals surface area contributed by atoms with Crippen molar-refractivity contribution < 1.29 is 35.9 Å². The zero-order valence-corrected chi connectivity index (χ0v) is 14.7. The first-order chi connectivity index (χ1) is 13.4. The van der Waals surface area contributed by atoms with Gasteiger partial charge in [-0.05, 0) is 17.7 Å². The van der Waals surface area contributed by atoms with Gasteiger partial charge in [0.25, 0.3) is 0 Å². The Hall–Kier alpha value is -3.05. The molecule has 0 radical (unpaired) electrons. The van der Waals surface area contributed by atoms with Gasteiger partial charge >= 0.3 is 12.4 Å². The van der Waals surface area contributed by atoms with Gasteiger partial charge in [-0.2, -0.15) is 31.4 Å². The number of H-pyrrole nitrogens is 1. The van der Waals surface area contributed by atoms with Gasteiger partial charge < -0.3 is 10.2 Å². The lowest BCUT2D eigenvalue weighted by molar-refractivity contribution is -0.140. The number of carbonyl (C=O) groups excluding carboxylic acids is 2. The van der Waals surface area contributed by atoms with E-state index in [1.165, 1.54) is 11.9 Å². The van der Waals surface area contributed by atoms with E-state index in [1.807, 2.05) is 10.4 Å². The van der Waals surface area contributed by atoms with Crippen LogP contribution in [-0.4, -0.2) is 40.5 Å². The molecule has 2 atom stereocenters. The van der Waals surface area contributed by atoms with Gasteiger partial charge in [0.05, 0.1) is 11.3 Å².